The van der Waals surface area contributed by atoms with Crippen LogP contribution in [-0.2, 0) is 19.0 Å². The number of carbonyl (C=O) groups is 1. The van der Waals surface area contributed by atoms with Crippen LogP contribution < -0.4 is 0 Å². The van der Waals surface area contributed by atoms with Crippen LogP contribution in [0, 0.1) is 5.92 Å². The van der Waals surface area contributed by atoms with Crippen molar-refractivity contribution < 1.29 is 19.0 Å². The Bertz CT molecular complexity index is 189. The normalized spacial score (nSPS) is 21.1. The van der Waals surface area contributed by atoms with Crippen molar-refractivity contribution in [2.24, 2.45) is 5.92 Å². The summed E-state index contributed by atoms with van der Waals surface area (Å²) in [5.74, 6) is -0.360. The van der Waals surface area contributed by atoms with E-state index in [0.717, 1.165) is 32.5 Å². The van der Waals surface area contributed by atoms with Crippen LogP contribution >= 0.6 is 0 Å². The molecule has 0 saturated carbocycles. The maximum Gasteiger partial charge on any atom is 0.311 e. The van der Waals surface area contributed by atoms with Crippen LogP contribution in [0.1, 0.15) is 26.2 Å². The molecule has 1 saturated heterocycles. The highest BCUT2D eigenvalue weighted by atomic mass is 16.6. The van der Waals surface area contributed by atoms with Gasteiger partial charge in [-0.3, -0.25) is 4.79 Å². The molecule has 0 spiro atoms. The largest absolute Gasteiger partial charge is 0.469 e. The van der Waals surface area contributed by atoms with Crippen LogP contribution in [0.25, 0.3) is 0 Å². The van der Waals surface area contributed by atoms with Gasteiger partial charge in [-0.2, -0.15) is 0 Å². The van der Waals surface area contributed by atoms with Gasteiger partial charge < -0.3 is 14.2 Å². The molecule has 0 aromatic heterocycles. The first-order chi connectivity index (χ1) is 7.27. The summed E-state index contributed by atoms with van der Waals surface area (Å²) >= 11 is 0. The Balaban J connectivity index is 2.18. The molecule has 4 heteroatoms. The zero-order valence-corrected chi connectivity index (χ0v) is 9.53. The SMILES string of the molecule is CCCCOC[C@H](C[C@H]1CO1)C(=O)OC. The molecule has 0 aromatic rings. The van der Waals surface area contributed by atoms with Gasteiger partial charge in [0.1, 0.15) is 0 Å². The van der Waals surface area contributed by atoms with Crippen LogP contribution in [0.5, 0.6) is 0 Å². The fraction of sp³-hybridized carbons (Fsp3) is 0.909. The van der Waals surface area contributed by atoms with Crippen LogP contribution in [0.3, 0.4) is 0 Å². The van der Waals surface area contributed by atoms with E-state index in [0.29, 0.717) is 6.61 Å². The number of rotatable bonds is 8. The summed E-state index contributed by atoms with van der Waals surface area (Å²) in [6.45, 7) is 4.05. The van der Waals surface area contributed by atoms with Gasteiger partial charge in [-0.15, -0.1) is 0 Å². The Kier molecular flexibility index (Phi) is 5.65. The fourth-order valence-electron chi connectivity index (χ4n) is 1.39. The highest BCUT2D eigenvalue weighted by Crippen LogP contribution is 2.20. The predicted octanol–water partition coefficient (Wildman–Crippen LogP) is 1.38. The van der Waals surface area contributed by atoms with Gasteiger partial charge in [0.25, 0.3) is 0 Å². The lowest BCUT2D eigenvalue weighted by molar-refractivity contribution is -0.148. The average Bonchev–Trinajstić information content (AvgIpc) is 3.05. The number of unbranched alkanes of at least 4 members (excludes halogenated alkanes) is 1. The van der Waals surface area contributed by atoms with Crippen LogP contribution in [-0.4, -0.2) is 39.0 Å². The Hall–Kier alpha value is -0.610. The molecule has 0 unspecified atom stereocenters. The van der Waals surface area contributed by atoms with Crippen molar-refractivity contribution in [3.8, 4) is 0 Å². The Morgan fingerprint density at radius 1 is 1.60 bits per heavy atom. The molecule has 1 aliphatic rings. The molecule has 88 valence electrons. The Labute approximate surface area is 90.9 Å². The molecule has 15 heavy (non-hydrogen) atoms. The van der Waals surface area contributed by atoms with E-state index >= 15 is 0 Å². The first-order valence-corrected chi connectivity index (χ1v) is 5.55. The molecule has 0 aliphatic carbocycles. The van der Waals surface area contributed by atoms with E-state index in [4.69, 9.17) is 14.2 Å². The highest BCUT2D eigenvalue weighted by molar-refractivity contribution is 5.72. The third kappa shape index (κ3) is 5.14. The number of esters is 1. The molecule has 4 nitrogen and oxygen atoms in total. The van der Waals surface area contributed by atoms with E-state index in [9.17, 15) is 4.79 Å². The van der Waals surface area contributed by atoms with Crippen LogP contribution in [0.4, 0.5) is 0 Å². The zero-order chi connectivity index (χ0) is 11.1. The second kappa shape index (κ2) is 6.80. The third-order valence-corrected chi connectivity index (χ3v) is 2.45. The minimum absolute atomic E-state index is 0.167. The van der Waals surface area contributed by atoms with Gasteiger partial charge in [0.2, 0.25) is 0 Å². The molecule has 0 bridgehead atoms. The second-order valence-corrected chi connectivity index (χ2v) is 3.84. The van der Waals surface area contributed by atoms with E-state index in [1.165, 1.54) is 7.11 Å². The third-order valence-electron chi connectivity index (χ3n) is 2.45. The number of hydrogen-bond donors (Lipinski definition) is 0. The lowest BCUT2D eigenvalue weighted by atomic mass is 10.1. The number of ether oxygens (including phenoxy) is 3. The summed E-state index contributed by atoms with van der Waals surface area (Å²) in [6, 6.07) is 0. The van der Waals surface area contributed by atoms with Crippen molar-refractivity contribution >= 4 is 5.97 Å². The van der Waals surface area contributed by atoms with E-state index in [1.807, 2.05) is 0 Å². The van der Waals surface area contributed by atoms with E-state index in [-0.39, 0.29) is 18.0 Å². The molecule has 0 N–H and O–H groups in total. The summed E-state index contributed by atoms with van der Waals surface area (Å²) in [5, 5.41) is 0. The monoisotopic (exact) mass is 216 g/mol. The molecule has 1 rings (SSSR count). The summed E-state index contributed by atoms with van der Waals surface area (Å²) < 4.78 is 15.3. The van der Waals surface area contributed by atoms with Gasteiger partial charge in [-0.05, 0) is 12.8 Å². The van der Waals surface area contributed by atoms with Gasteiger partial charge in [-0.1, -0.05) is 13.3 Å². The predicted molar refractivity (Wildman–Crippen MR) is 55.6 cm³/mol. The van der Waals surface area contributed by atoms with Crippen molar-refractivity contribution in [2.45, 2.75) is 32.3 Å². The van der Waals surface area contributed by atoms with Gasteiger partial charge in [-0.25, -0.2) is 0 Å². The van der Waals surface area contributed by atoms with Crippen LogP contribution in [0.2, 0.25) is 0 Å². The van der Waals surface area contributed by atoms with Crippen molar-refractivity contribution in [1.29, 1.82) is 0 Å². The molecule has 1 heterocycles. The summed E-state index contributed by atoms with van der Waals surface area (Å²) in [4.78, 5) is 11.4. The zero-order valence-electron chi connectivity index (χ0n) is 9.53. The average molecular weight is 216 g/mol. The second-order valence-electron chi connectivity index (χ2n) is 3.84. The summed E-state index contributed by atoms with van der Waals surface area (Å²) in [5.41, 5.74) is 0. The first-order valence-electron chi connectivity index (χ1n) is 5.55. The summed E-state index contributed by atoms with van der Waals surface area (Å²) in [7, 11) is 1.41. The maximum atomic E-state index is 11.4. The molecule has 2 atom stereocenters. The Morgan fingerprint density at radius 3 is 2.87 bits per heavy atom. The van der Waals surface area contributed by atoms with Crippen molar-refractivity contribution in [2.75, 3.05) is 26.9 Å². The van der Waals surface area contributed by atoms with E-state index in [2.05, 4.69) is 6.92 Å². The van der Waals surface area contributed by atoms with Gasteiger partial charge in [0.15, 0.2) is 0 Å². The lowest BCUT2D eigenvalue weighted by Gasteiger charge is -2.13. The number of methoxy groups -OCH3 is 1. The maximum absolute atomic E-state index is 11.4. The summed E-state index contributed by atoms with van der Waals surface area (Å²) in [6.07, 6.45) is 3.10. The number of carbonyl (C=O) groups excluding carboxylic acids is 1. The van der Waals surface area contributed by atoms with Crippen molar-refractivity contribution in [3.05, 3.63) is 0 Å². The standard InChI is InChI=1S/C11H20O4/c1-3-4-5-14-7-9(11(12)13-2)6-10-8-15-10/h9-10H,3-8H2,1-2H3/t9-,10-/m0/s1. The Morgan fingerprint density at radius 2 is 2.33 bits per heavy atom. The molecule has 1 fully saturated rings. The fourth-order valence-corrected chi connectivity index (χ4v) is 1.39. The van der Waals surface area contributed by atoms with Crippen molar-refractivity contribution in [3.63, 3.8) is 0 Å². The minimum atomic E-state index is -0.193. The van der Waals surface area contributed by atoms with Crippen LogP contribution in [0.15, 0.2) is 0 Å². The van der Waals surface area contributed by atoms with Gasteiger partial charge in [0, 0.05) is 6.61 Å². The van der Waals surface area contributed by atoms with E-state index < -0.39 is 0 Å². The lowest BCUT2D eigenvalue weighted by Crippen LogP contribution is -2.23. The van der Waals surface area contributed by atoms with Gasteiger partial charge >= 0.3 is 5.97 Å². The number of hydrogen-bond acceptors (Lipinski definition) is 4. The van der Waals surface area contributed by atoms with Crippen molar-refractivity contribution in [1.82, 2.24) is 0 Å². The number of epoxide rings is 1. The molecule has 1 aliphatic heterocycles. The first kappa shape index (κ1) is 12.5. The highest BCUT2D eigenvalue weighted by Gasteiger charge is 2.31. The molecular formula is C11H20O4. The topological polar surface area (TPSA) is 48.1 Å². The quantitative estimate of drug-likeness (QED) is 0.349. The van der Waals surface area contributed by atoms with E-state index in [1.54, 1.807) is 0 Å². The molecule has 0 radical (unpaired) electrons. The molecule has 0 amide bonds. The van der Waals surface area contributed by atoms with Gasteiger partial charge in [0.05, 0.1) is 32.3 Å². The smallest absolute Gasteiger partial charge is 0.311 e. The minimum Gasteiger partial charge on any atom is -0.469 e. The molecular weight excluding hydrogens is 196 g/mol. The molecule has 0 aromatic carbocycles.